The first-order valence-electron chi connectivity index (χ1n) is 6.07. The normalized spacial score (nSPS) is 10.7. The zero-order valence-corrected chi connectivity index (χ0v) is 11.1. The van der Waals surface area contributed by atoms with Gasteiger partial charge in [-0.15, -0.1) is 15.3 Å². The van der Waals surface area contributed by atoms with Gasteiger partial charge >= 0.3 is 5.97 Å². The van der Waals surface area contributed by atoms with E-state index < -0.39 is 5.97 Å². The Morgan fingerprint density at radius 3 is 2.86 bits per heavy atom. The van der Waals surface area contributed by atoms with Crippen molar-refractivity contribution in [3.8, 4) is 11.3 Å². The number of hydrogen-bond acceptors (Lipinski definition) is 6. The molecule has 21 heavy (non-hydrogen) atoms. The van der Waals surface area contributed by atoms with Crippen molar-refractivity contribution in [3.05, 3.63) is 42.4 Å². The SMILES string of the molecule is Cn1cnnc1Cn1nnc(C(=O)O)c1-c1cccnc1. The molecule has 0 bridgehead atoms. The van der Waals surface area contributed by atoms with Crippen LogP contribution >= 0.6 is 0 Å². The molecule has 0 saturated heterocycles. The topological polar surface area (TPSA) is 112 Å². The second kappa shape index (κ2) is 5.12. The molecule has 0 atom stereocenters. The predicted molar refractivity (Wildman–Crippen MR) is 70.3 cm³/mol. The van der Waals surface area contributed by atoms with Gasteiger partial charge in [0.2, 0.25) is 0 Å². The fraction of sp³-hybridized carbons (Fsp3) is 0.167. The highest BCUT2D eigenvalue weighted by atomic mass is 16.4. The van der Waals surface area contributed by atoms with Crippen LogP contribution in [0.1, 0.15) is 16.3 Å². The average Bonchev–Trinajstić information content (AvgIpc) is 3.07. The Morgan fingerprint density at radius 2 is 2.24 bits per heavy atom. The molecule has 1 N–H and O–H groups in total. The Labute approximate surface area is 118 Å². The lowest BCUT2D eigenvalue weighted by Gasteiger charge is -2.06. The molecular weight excluding hydrogens is 274 g/mol. The van der Waals surface area contributed by atoms with Gasteiger partial charge < -0.3 is 9.67 Å². The van der Waals surface area contributed by atoms with Gasteiger partial charge in [-0.2, -0.15) is 0 Å². The number of carboxylic acid groups (broad SMARTS) is 1. The minimum Gasteiger partial charge on any atom is -0.476 e. The maximum absolute atomic E-state index is 11.3. The summed E-state index contributed by atoms with van der Waals surface area (Å²) in [5.74, 6) is -0.500. The van der Waals surface area contributed by atoms with Gasteiger partial charge in [0.05, 0.1) is 0 Å². The summed E-state index contributed by atoms with van der Waals surface area (Å²) in [6.45, 7) is 0.265. The standard InChI is InChI=1S/C12H11N7O2/c1-18-7-14-15-9(18)6-19-11(8-3-2-4-13-5-8)10(12(20)21)16-17-19/h2-5,7H,6H2,1H3,(H,20,21). The number of rotatable bonds is 4. The molecule has 9 heteroatoms. The second-order valence-electron chi connectivity index (χ2n) is 4.35. The molecule has 106 valence electrons. The molecule has 3 rings (SSSR count). The van der Waals surface area contributed by atoms with Crippen molar-refractivity contribution < 1.29 is 9.90 Å². The van der Waals surface area contributed by atoms with Crippen LogP contribution in [0.15, 0.2) is 30.9 Å². The molecule has 0 fully saturated rings. The summed E-state index contributed by atoms with van der Waals surface area (Å²) in [5, 5.41) is 24.6. The van der Waals surface area contributed by atoms with Crippen LogP contribution in [0.3, 0.4) is 0 Å². The minimum atomic E-state index is -1.14. The van der Waals surface area contributed by atoms with Crippen molar-refractivity contribution in [2.45, 2.75) is 6.54 Å². The van der Waals surface area contributed by atoms with Gasteiger partial charge in [0, 0.05) is 25.0 Å². The van der Waals surface area contributed by atoms with Crippen molar-refractivity contribution in [1.29, 1.82) is 0 Å². The molecule has 0 aliphatic carbocycles. The lowest BCUT2D eigenvalue weighted by atomic mass is 10.1. The lowest BCUT2D eigenvalue weighted by molar-refractivity contribution is 0.0691. The summed E-state index contributed by atoms with van der Waals surface area (Å²) in [4.78, 5) is 15.3. The van der Waals surface area contributed by atoms with E-state index in [0.717, 1.165) is 0 Å². The molecule has 0 aliphatic rings. The largest absolute Gasteiger partial charge is 0.476 e. The molecular formula is C12H11N7O2. The number of aromatic carboxylic acids is 1. The van der Waals surface area contributed by atoms with Crippen LogP contribution in [0.5, 0.6) is 0 Å². The number of aryl methyl sites for hydroxylation is 1. The number of carboxylic acids is 1. The van der Waals surface area contributed by atoms with E-state index in [1.54, 1.807) is 42.5 Å². The molecule has 0 amide bonds. The van der Waals surface area contributed by atoms with Gasteiger partial charge in [-0.25, -0.2) is 9.48 Å². The van der Waals surface area contributed by atoms with Gasteiger partial charge in [-0.3, -0.25) is 4.98 Å². The molecule has 0 unspecified atom stereocenters. The summed E-state index contributed by atoms with van der Waals surface area (Å²) >= 11 is 0. The van der Waals surface area contributed by atoms with E-state index in [1.807, 2.05) is 0 Å². The van der Waals surface area contributed by atoms with E-state index in [4.69, 9.17) is 0 Å². The summed E-state index contributed by atoms with van der Waals surface area (Å²) < 4.78 is 3.21. The third-order valence-electron chi connectivity index (χ3n) is 2.97. The zero-order chi connectivity index (χ0) is 14.8. The van der Waals surface area contributed by atoms with Crippen molar-refractivity contribution in [2.75, 3.05) is 0 Å². The zero-order valence-electron chi connectivity index (χ0n) is 11.1. The van der Waals surface area contributed by atoms with Crippen LogP contribution in [-0.4, -0.2) is 45.8 Å². The third kappa shape index (κ3) is 2.36. The summed E-state index contributed by atoms with van der Waals surface area (Å²) in [6.07, 6.45) is 4.74. The van der Waals surface area contributed by atoms with E-state index in [0.29, 0.717) is 17.1 Å². The highest BCUT2D eigenvalue weighted by Gasteiger charge is 2.21. The van der Waals surface area contributed by atoms with E-state index in [-0.39, 0.29) is 12.2 Å². The Bertz CT molecular complexity index is 778. The van der Waals surface area contributed by atoms with Gasteiger partial charge in [0.1, 0.15) is 18.6 Å². The van der Waals surface area contributed by atoms with Crippen molar-refractivity contribution in [3.63, 3.8) is 0 Å². The van der Waals surface area contributed by atoms with Gasteiger partial charge in [0.25, 0.3) is 0 Å². The number of aromatic nitrogens is 7. The van der Waals surface area contributed by atoms with Gasteiger partial charge in [-0.05, 0) is 12.1 Å². The van der Waals surface area contributed by atoms with Crippen LogP contribution < -0.4 is 0 Å². The Kier molecular flexibility index (Phi) is 3.14. The Hall–Kier alpha value is -3.10. The Morgan fingerprint density at radius 1 is 1.38 bits per heavy atom. The number of nitrogens with zero attached hydrogens (tertiary/aromatic N) is 7. The number of carbonyl (C=O) groups is 1. The van der Waals surface area contributed by atoms with Crippen molar-refractivity contribution >= 4 is 5.97 Å². The first-order chi connectivity index (χ1) is 10.2. The molecule has 3 aromatic heterocycles. The van der Waals surface area contributed by atoms with Gasteiger partial charge in [0.15, 0.2) is 11.5 Å². The van der Waals surface area contributed by atoms with Crippen LogP contribution in [0, 0.1) is 0 Å². The summed E-state index contributed by atoms with van der Waals surface area (Å²) in [5.41, 5.74) is 0.894. The fourth-order valence-corrected chi connectivity index (χ4v) is 1.94. The van der Waals surface area contributed by atoms with Crippen LogP contribution in [0.4, 0.5) is 0 Å². The molecule has 0 radical (unpaired) electrons. The van der Waals surface area contributed by atoms with E-state index in [9.17, 15) is 9.90 Å². The molecule has 3 heterocycles. The number of pyridine rings is 1. The molecule has 0 saturated carbocycles. The van der Waals surface area contributed by atoms with Crippen molar-refractivity contribution in [2.24, 2.45) is 7.05 Å². The quantitative estimate of drug-likeness (QED) is 0.729. The van der Waals surface area contributed by atoms with Crippen LogP contribution in [0.2, 0.25) is 0 Å². The monoisotopic (exact) mass is 285 g/mol. The maximum atomic E-state index is 11.3. The van der Waals surface area contributed by atoms with Crippen LogP contribution in [0.25, 0.3) is 11.3 Å². The van der Waals surface area contributed by atoms with E-state index in [2.05, 4.69) is 25.5 Å². The van der Waals surface area contributed by atoms with Crippen molar-refractivity contribution in [1.82, 2.24) is 34.7 Å². The Balaban J connectivity index is 2.09. The molecule has 0 aromatic carbocycles. The van der Waals surface area contributed by atoms with E-state index in [1.165, 1.54) is 4.68 Å². The first-order valence-corrected chi connectivity index (χ1v) is 6.07. The highest BCUT2D eigenvalue weighted by molar-refractivity contribution is 5.92. The molecule has 0 spiro atoms. The van der Waals surface area contributed by atoms with E-state index >= 15 is 0 Å². The third-order valence-corrected chi connectivity index (χ3v) is 2.97. The summed E-state index contributed by atoms with van der Waals surface area (Å²) in [7, 11) is 1.80. The number of hydrogen-bond donors (Lipinski definition) is 1. The highest BCUT2D eigenvalue weighted by Crippen LogP contribution is 2.21. The average molecular weight is 285 g/mol. The first kappa shape index (κ1) is 12.9. The predicted octanol–water partition coefficient (Wildman–Crippen LogP) is 0.215. The second-order valence-corrected chi connectivity index (χ2v) is 4.35. The maximum Gasteiger partial charge on any atom is 0.358 e. The fourth-order valence-electron chi connectivity index (χ4n) is 1.94. The lowest BCUT2D eigenvalue weighted by Crippen LogP contribution is -2.10. The van der Waals surface area contributed by atoms with Crippen LogP contribution in [-0.2, 0) is 13.6 Å². The molecule has 3 aromatic rings. The smallest absolute Gasteiger partial charge is 0.358 e. The minimum absolute atomic E-state index is 0.120. The summed E-state index contributed by atoms with van der Waals surface area (Å²) in [6, 6.07) is 3.48. The molecule has 0 aliphatic heterocycles. The van der Waals surface area contributed by atoms with Gasteiger partial charge in [-0.1, -0.05) is 5.21 Å². The molecule has 9 nitrogen and oxygen atoms in total.